The maximum absolute atomic E-state index is 13.2. The van der Waals surface area contributed by atoms with E-state index in [1.54, 1.807) is 18.3 Å². The molecule has 1 aliphatic rings. The van der Waals surface area contributed by atoms with Crippen LogP contribution in [0.4, 0.5) is 4.39 Å². The van der Waals surface area contributed by atoms with E-state index >= 15 is 0 Å². The number of aliphatic hydroxyl groups is 1. The molecule has 26 heavy (non-hydrogen) atoms. The van der Waals surface area contributed by atoms with Crippen LogP contribution in [0.1, 0.15) is 17.2 Å². The zero-order chi connectivity index (χ0) is 17.9. The van der Waals surface area contributed by atoms with E-state index in [0.717, 1.165) is 42.1 Å². The van der Waals surface area contributed by atoms with E-state index < -0.39 is 0 Å². The molecule has 0 bridgehead atoms. The van der Waals surface area contributed by atoms with Crippen molar-refractivity contribution in [3.63, 3.8) is 0 Å². The molecule has 3 aromatic rings. The van der Waals surface area contributed by atoms with E-state index in [-0.39, 0.29) is 24.3 Å². The van der Waals surface area contributed by atoms with E-state index in [4.69, 9.17) is 0 Å². The molecule has 1 aliphatic heterocycles. The van der Waals surface area contributed by atoms with Gasteiger partial charge in [0.15, 0.2) is 0 Å². The SMILES string of the molecule is OCC1CN(Cc2cn[nH]c2-c2ccc(F)cc2)CC1c1ccccn1. The summed E-state index contributed by atoms with van der Waals surface area (Å²) in [7, 11) is 0. The van der Waals surface area contributed by atoms with Gasteiger partial charge < -0.3 is 5.11 Å². The van der Waals surface area contributed by atoms with Gasteiger partial charge in [-0.25, -0.2) is 4.39 Å². The molecule has 0 saturated carbocycles. The monoisotopic (exact) mass is 352 g/mol. The highest BCUT2D eigenvalue weighted by Crippen LogP contribution is 2.33. The zero-order valence-electron chi connectivity index (χ0n) is 14.3. The molecule has 134 valence electrons. The standard InChI is InChI=1S/C20H21FN4O/c21-17-6-4-14(5-7-17)20-15(9-23-24-20)10-25-11-16(13-26)18(12-25)19-3-1-2-8-22-19/h1-9,16,18,26H,10-13H2,(H,23,24). The van der Waals surface area contributed by atoms with Crippen molar-refractivity contribution in [2.24, 2.45) is 5.92 Å². The molecule has 0 spiro atoms. The van der Waals surface area contributed by atoms with Gasteiger partial charge in [-0.2, -0.15) is 5.10 Å². The highest BCUT2D eigenvalue weighted by Gasteiger charge is 2.34. The Morgan fingerprint density at radius 3 is 2.73 bits per heavy atom. The molecule has 2 N–H and O–H groups in total. The summed E-state index contributed by atoms with van der Waals surface area (Å²) in [5.41, 5.74) is 3.92. The van der Waals surface area contributed by atoms with E-state index in [1.165, 1.54) is 12.1 Å². The number of likely N-dealkylation sites (tertiary alicyclic amines) is 1. The van der Waals surface area contributed by atoms with E-state index in [2.05, 4.69) is 20.1 Å². The van der Waals surface area contributed by atoms with Crippen LogP contribution < -0.4 is 0 Å². The zero-order valence-corrected chi connectivity index (χ0v) is 14.3. The molecule has 0 radical (unpaired) electrons. The van der Waals surface area contributed by atoms with Crippen LogP contribution in [0.3, 0.4) is 0 Å². The minimum absolute atomic E-state index is 0.147. The molecule has 1 fully saturated rings. The number of hydrogen-bond donors (Lipinski definition) is 2. The van der Waals surface area contributed by atoms with Gasteiger partial charge in [-0.05, 0) is 36.4 Å². The molecule has 0 amide bonds. The summed E-state index contributed by atoms with van der Waals surface area (Å²) in [6.07, 6.45) is 3.62. The summed E-state index contributed by atoms with van der Waals surface area (Å²) in [5, 5.41) is 17.0. The molecule has 6 heteroatoms. The van der Waals surface area contributed by atoms with E-state index in [0.29, 0.717) is 0 Å². The van der Waals surface area contributed by atoms with Crippen molar-refractivity contribution in [1.29, 1.82) is 0 Å². The summed E-state index contributed by atoms with van der Waals surface area (Å²) in [4.78, 5) is 6.79. The molecule has 4 rings (SSSR count). The van der Waals surface area contributed by atoms with Gasteiger partial charge in [0.25, 0.3) is 0 Å². The Hall–Kier alpha value is -2.57. The van der Waals surface area contributed by atoms with Crippen LogP contribution >= 0.6 is 0 Å². The van der Waals surface area contributed by atoms with E-state index in [1.807, 2.05) is 24.4 Å². The average molecular weight is 352 g/mol. The van der Waals surface area contributed by atoms with Crippen molar-refractivity contribution in [3.05, 3.63) is 71.9 Å². The fourth-order valence-electron chi connectivity index (χ4n) is 3.74. The third-order valence-corrected chi connectivity index (χ3v) is 5.06. The number of aromatic nitrogens is 3. The quantitative estimate of drug-likeness (QED) is 0.741. The number of H-pyrrole nitrogens is 1. The number of hydrogen-bond acceptors (Lipinski definition) is 4. The third-order valence-electron chi connectivity index (χ3n) is 5.06. The first-order chi connectivity index (χ1) is 12.7. The van der Waals surface area contributed by atoms with Crippen LogP contribution in [0.2, 0.25) is 0 Å². The number of aliphatic hydroxyl groups excluding tert-OH is 1. The summed E-state index contributed by atoms with van der Waals surface area (Å²) in [6.45, 7) is 2.53. The number of benzene rings is 1. The number of aromatic amines is 1. The Morgan fingerprint density at radius 1 is 1.15 bits per heavy atom. The van der Waals surface area contributed by atoms with Crippen molar-refractivity contribution in [3.8, 4) is 11.3 Å². The minimum atomic E-state index is -0.252. The van der Waals surface area contributed by atoms with Crippen molar-refractivity contribution >= 4 is 0 Å². The first kappa shape index (κ1) is 16.9. The molecule has 2 aromatic heterocycles. The van der Waals surface area contributed by atoms with Gasteiger partial charge in [-0.3, -0.25) is 15.0 Å². The molecule has 0 aliphatic carbocycles. The molecular weight excluding hydrogens is 331 g/mol. The maximum Gasteiger partial charge on any atom is 0.123 e. The second-order valence-electron chi connectivity index (χ2n) is 6.77. The van der Waals surface area contributed by atoms with Crippen LogP contribution in [0.5, 0.6) is 0 Å². The first-order valence-corrected chi connectivity index (χ1v) is 8.77. The number of rotatable bonds is 5. The van der Waals surface area contributed by atoms with Crippen LogP contribution in [-0.4, -0.2) is 44.9 Å². The lowest BCUT2D eigenvalue weighted by molar-refractivity contribution is 0.213. The largest absolute Gasteiger partial charge is 0.396 e. The van der Waals surface area contributed by atoms with E-state index in [9.17, 15) is 9.50 Å². The first-order valence-electron chi connectivity index (χ1n) is 8.77. The Balaban J connectivity index is 1.52. The Bertz CT molecular complexity index is 850. The maximum atomic E-state index is 13.2. The Morgan fingerprint density at radius 2 is 2.00 bits per heavy atom. The van der Waals surface area contributed by atoms with Gasteiger partial charge in [-0.15, -0.1) is 0 Å². The normalized spacial score (nSPS) is 20.5. The number of nitrogens with one attached hydrogen (secondary N) is 1. The second kappa shape index (κ2) is 7.35. The summed E-state index contributed by atoms with van der Waals surface area (Å²) in [5.74, 6) is 0.145. The lowest BCUT2D eigenvalue weighted by atomic mass is 9.93. The molecule has 1 saturated heterocycles. The number of pyridine rings is 1. The molecule has 2 unspecified atom stereocenters. The number of nitrogens with zero attached hydrogens (tertiary/aromatic N) is 3. The van der Waals surface area contributed by atoms with Gasteiger partial charge in [0.05, 0.1) is 11.9 Å². The van der Waals surface area contributed by atoms with Crippen LogP contribution in [0, 0.1) is 11.7 Å². The smallest absolute Gasteiger partial charge is 0.123 e. The molecule has 3 heterocycles. The van der Waals surface area contributed by atoms with Crippen LogP contribution in [0.25, 0.3) is 11.3 Å². The lowest BCUT2D eigenvalue weighted by Crippen LogP contribution is -2.21. The van der Waals surface area contributed by atoms with Crippen LogP contribution in [0.15, 0.2) is 54.9 Å². The lowest BCUT2D eigenvalue weighted by Gasteiger charge is -2.16. The van der Waals surface area contributed by atoms with Gasteiger partial charge >= 0.3 is 0 Å². The third kappa shape index (κ3) is 3.38. The highest BCUT2D eigenvalue weighted by molar-refractivity contribution is 5.62. The van der Waals surface area contributed by atoms with Crippen molar-refractivity contribution in [1.82, 2.24) is 20.1 Å². The van der Waals surface area contributed by atoms with Crippen molar-refractivity contribution < 1.29 is 9.50 Å². The predicted molar refractivity (Wildman–Crippen MR) is 96.8 cm³/mol. The molecule has 1 aromatic carbocycles. The summed E-state index contributed by atoms with van der Waals surface area (Å²) < 4.78 is 13.2. The summed E-state index contributed by atoms with van der Waals surface area (Å²) in [6, 6.07) is 12.3. The number of halogens is 1. The second-order valence-corrected chi connectivity index (χ2v) is 6.77. The molecular formula is C20H21FN4O. The van der Waals surface area contributed by atoms with Crippen molar-refractivity contribution in [2.75, 3.05) is 19.7 Å². The fraction of sp³-hybridized carbons (Fsp3) is 0.300. The molecule has 5 nitrogen and oxygen atoms in total. The van der Waals surface area contributed by atoms with Crippen molar-refractivity contribution in [2.45, 2.75) is 12.5 Å². The van der Waals surface area contributed by atoms with Gasteiger partial charge in [0, 0.05) is 61.1 Å². The van der Waals surface area contributed by atoms with Gasteiger partial charge in [0.1, 0.15) is 5.82 Å². The Labute approximate surface area is 151 Å². The van der Waals surface area contributed by atoms with Crippen LogP contribution in [-0.2, 0) is 6.54 Å². The minimum Gasteiger partial charge on any atom is -0.396 e. The Kier molecular flexibility index (Phi) is 4.77. The fourth-order valence-corrected chi connectivity index (χ4v) is 3.74. The van der Waals surface area contributed by atoms with Gasteiger partial charge in [0.2, 0.25) is 0 Å². The topological polar surface area (TPSA) is 65.0 Å². The summed E-state index contributed by atoms with van der Waals surface area (Å²) >= 11 is 0. The van der Waals surface area contributed by atoms with Gasteiger partial charge in [-0.1, -0.05) is 6.07 Å². The average Bonchev–Trinajstić information content (AvgIpc) is 3.30. The highest BCUT2D eigenvalue weighted by atomic mass is 19.1. The molecule has 2 atom stereocenters. The predicted octanol–water partition coefficient (Wildman–Crippen LogP) is 2.82.